The highest BCUT2D eigenvalue weighted by Gasteiger charge is 2.25. The number of esters is 1. The van der Waals surface area contributed by atoms with E-state index in [2.05, 4.69) is 4.98 Å². The van der Waals surface area contributed by atoms with Gasteiger partial charge in [-0.05, 0) is 37.0 Å². The Labute approximate surface area is 192 Å². The number of carbonyl (C=O) groups is 1. The normalized spacial score (nSPS) is 14.9. The quantitative estimate of drug-likeness (QED) is 0.448. The third kappa shape index (κ3) is 5.62. The van der Waals surface area contributed by atoms with E-state index in [1.807, 2.05) is 35.7 Å². The van der Waals surface area contributed by atoms with Gasteiger partial charge in [0.05, 0.1) is 10.6 Å². The molecule has 0 N–H and O–H groups in total. The van der Waals surface area contributed by atoms with Crippen molar-refractivity contribution in [1.82, 2.24) is 9.29 Å². The Morgan fingerprint density at radius 1 is 1.00 bits per heavy atom. The maximum atomic E-state index is 12.7. The minimum atomic E-state index is -3.43. The van der Waals surface area contributed by atoms with Crippen molar-refractivity contribution in [2.45, 2.75) is 43.6 Å². The number of rotatable bonds is 8. The van der Waals surface area contributed by atoms with Gasteiger partial charge in [-0.1, -0.05) is 48.9 Å². The summed E-state index contributed by atoms with van der Waals surface area (Å²) in [6.07, 6.45) is 3.63. The molecule has 0 saturated carbocycles. The van der Waals surface area contributed by atoms with Gasteiger partial charge in [0.15, 0.2) is 0 Å². The van der Waals surface area contributed by atoms with Gasteiger partial charge < -0.3 is 4.74 Å². The van der Waals surface area contributed by atoms with Crippen LogP contribution >= 0.6 is 11.3 Å². The number of hydrogen-bond acceptors (Lipinski definition) is 6. The van der Waals surface area contributed by atoms with Gasteiger partial charge in [-0.25, -0.2) is 13.4 Å². The number of nitrogens with zero attached hydrogens (tertiary/aromatic N) is 2. The zero-order chi connectivity index (χ0) is 22.4. The van der Waals surface area contributed by atoms with Gasteiger partial charge in [0.1, 0.15) is 11.6 Å². The van der Waals surface area contributed by atoms with Gasteiger partial charge in [0.2, 0.25) is 10.0 Å². The molecule has 4 rings (SSSR count). The van der Waals surface area contributed by atoms with E-state index in [1.54, 1.807) is 28.6 Å². The summed E-state index contributed by atoms with van der Waals surface area (Å²) in [5.74, 6) is -0.302. The predicted octanol–water partition coefficient (Wildman–Crippen LogP) is 4.66. The Kier molecular flexibility index (Phi) is 7.34. The molecule has 6 nitrogen and oxygen atoms in total. The molecule has 0 atom stereocenters. The zero-order valence-corrected chi connectivity index (χ0v) is 19.4. The largest absolute Gasteiger partial charge is 0.459 e. The van der Waals surface area contributed by atoms with Crippen LogP contribution in [0.1, 0.15) is 36.9 Å². The molecule has 1 fully saturated rings. The molecule has 0 radical (unpaired) electrons. The van der Waals surface area contributed by atoms with Gasteiger partial charge in [0.25, 0.3) is 0 Å². The first-order valence-corrected chi connectivity index (χ1v) is 13.1. The molecular weight excluding hydrogens is 444 g/mol. The molecule has 0 aliphatic carbocycles. The van der Waals surface area contributed by atoms with Gasteiger partial charge >= 0.3 is 5.97 Å². The highest BCUT2D eigenvalue weighted by Crippen LogP contribution is 2.24. The van der Waals surface area contributed by atoms with Gasteiger partial charge in [-0.15, -0.1) is 11.3 Å². The topological polar surface area (TPSA) is 76.6 Å². The molecule has 1 saturated heterocycles. The van der Waals surface area contributed by atoms with Crippen LogP contribution in [0.15, 0.2) is 64.9 Å². The van der Waals surface area contributed by atoms with Gasteiger partial charge in [-0.3, -0.25) is 4.79 Å². The number of carbonyl (C=O) groups excluding carboxylic acids is 1. The van der Waals surface area contributed by atoms with Crippen LogP contribution in [0, 0.1) is 0 Å². The molecule has 0 unspecified atom stereocenters. The molecule has 2 heterocycles. The van der Waals surface area contributed by atoms with Crippen LogP contribution in [0.25, 0.3) is 10.6 Å². The number of ether oxygens (including phenoxy) is 1. The standard InChI is InChI=1S/C24H26N2O4S2/c27-23(30-17-21-18-31-24(25-21)20-7-3-1-4-8-20)14-11-19-9-12-22(13-10-19)32(28,29)26-15-5-2-6-16-26/h1,3-4,7-10,12-13,18H,2,5-6,11,14-17H2. The van der Waals surface area contributed by atoms with Crippen LogP contribution in [0.4, 0.5) is 0 Å². The lowest BCUT2D eigenvalue weighted by Crippen LogP contribution is -2.35. The lowest BCUT2D eigenvalue weighted by molar-refractivity contribution is -0.145. The molecule has 1 aromatic heterocycles. The summed E-state index contributed by atoms with van der Waals surface area (Å²) in [4.78, 5) is 17.0. The van der Waals surface area contributed by atoms with Crippen molar-refractivity contribution in [2.75, 3.05) is 13.1 Å². The van der Waals surface area contributed by atoms with E-state index in [0.29, 0.717) is 24.4 Å². The van der Waals surface area contributed by atoms with Crippen LogP contribution in [0.3, 0.4) is 0 Å². The number of aromatic nitrogens is 1. The van der Waals surface area contributed by atoms with Crippen molar-refractivity contribution in [3.63, 3.8) is 0 Å². The highest BCUT2D eigenvalue weighted by atomic mass is 32.2. The van der Waals surface area contributed by atoms with Crippen LogP contribution in [-0.4, -0.2) is 36.8 Å². The van der Waals surface area contributed by atoms with Crippen molar-refractivity contribution in [2.24, 2.45) is 0 Å². The second kappa shape index (κ2) is 10.4. The van der Waals surface area contributed by atoms with E-state index < -0.39 is 10.0 Å². The lowest BCUT2D eigenvalue weighted by Gasteiger charge is -2.25. The molecule has 0 bridgehead atoms. The van der Waals surface area contributed by atoms with E-state index in [4.69, 9.17) is 4.74 Å². The smallest absolute Gasteiger partial charge is 0.306 e. The van der Waals surface area contributed by atoms with Crippen LogP contribution in [0.5, 0.6) is 0 Å². The summed E-state index contributed by atoms with van der Waals surface area (Å²) in [6, 6.07) is 16.7. The number of benzene rings is 2. The average Bonchev–Trinajstić information content (AvgIpc) is 3.32. The molecule has 3 aromatic rings. The molecule has 2 aromatic carbocycles. The summed E-state index contributed by atoms with van der Waals surface area (Å²) in [6.45, 7) is 1.32. The second-order valence-electron chi connectivity index (χ2n) is 7.78. The molecule has 8 heteroatoms. The molecule has 1 aliphatic heterocycles. The molecule has 168 valence electrons. The van der Waals surface area contributed by atoms with E-state index in [1.165, 1.54) is 11.3 Å². The summed E-state index contributed by atoms with van der Waals surface area (Å²) in [7, 11) is -3.43. The van der Waals surface area contributed by atoms with Crippen molar-refractivity contribution in [3.05, 3.63) is 71.2 Å². The van der Waals surface area contributed by atoms with Crippen molar-refractivity contribution < 1.29 is 17.9 Å². The molecule has 1 aliphatic rings. The van der Waals surface area contributed by atoms with Crippen molar-refractivity contribution in [1.29, 1.82) is 0 Å². The summed E-state index contributed by atoms with van der Waals surface area (Å²) in [5.41, 5.74) is 2.68. The summed E-state index contributed by atoms with van der Waals surface area (Å²) < 4.78 is 32.4. The third-order valence-electron chi connectivity index (χ3n) is 5.45. The number of sulfonamides is 1. The van der Waals surface area contributed by atoms with Crippen LogP contribution in [0.2, 0.25) is 0 Å². The molecular formula is C24H26N2O4S2. The molecule has 32 heavy (non-hydrogen) atoms. The SMILES string of the molecule is O=C(CCc1ccc(S(=O)(=O)N2CCCCC2)cc1)OCc1csc(-c2ccccc2)n1. The molecule has 0 spiro atoms. The minimum absolute atomic E-state index is 0.148. The monoisotopic (exact) mass is 470 g/mol. The minimum Gasteiger partial charge on any atom is -0.459 e. The highest BCUT2D eigenvalue weighted by molar-refractivity contribution is 7.89. The Morgan fingerprint density at radius 2 is 1.72 bits per heavy atom. The summed E-state index contributed by atoms with van der Waals surface area (Å²) >= 11 is 1.52. The van der Waals surface area contributed by atoms with Crippen molar-refractivity contribution in [3.8, 4) is 10.6 Å². The summed E-state index contributed by atoms with van der Waals surface area (Å²) in [5, 5.41) is 2.80. The Hall–Kier alpha value is -2.55. The van der Waals surface area contributed by atoms with E-state index in [0.717, 1.165) is 41.1 Å². The van der Waals surface area contributed by atoms with Crippen molar-refractivity contribution >= 4 is 27.3 Å². The fraction of sp³-hybridized carbons (Fsp3) is 0.333. The lowest BCUT2D eigenvalue weighted by atomic mass is 10.1. The Morgan fingerprint density at radius 3 is 2.44 bits per heavy atom. The van der Waals surface area contributed by atoms with E-state index in [-0.39, 0.29) is 19.0 Å². The predicted molar refractivity (Wildman–Crippen MR) is 125 cm³/mol. The third-order valence-corrected chi connectivity index (χ3v) is 8.30. The second-order valence-corrected chi connectivity index (χ2v) is 10.6. The first-order chi connectivity index (χ1) is 15.5. The first-order valence-electron chi connectivity index (χ1n) is 10.8. The van der Waals surface area contributed by atoms with Gasteiger partial charge in [0, 0.05) is 30.5 Å². The number of aryl methyl sites for hydroxylation is 1. The van der Waals surface area contributed by atoms with E-state index in [9.17, 15) is 13.2 Å². The number of thiazole rings is 1. The van der Waals surface area contributed by atoms with E-state index >= 15 is 0 Å². The average molecular weight is 471 g/mol. The maximum absolute atomic E-state index is 12.7. The maximum Gasteiger partial charge on any atom is 0.306 e. The number of hydrogen-bond donors (Lipinski definition) is 0. The van der Waals surface area contributed by atoms with Crippen LogP contribution in [-0.2, 0) is 32.6 Å². The molecule has 0 amide bonds. The first kappa shape index (κ1) is 22.6. The fourth-order valence-electron chi connectivity index (χ4n) is 3.64. The Bertz CT molecular complexity index is 1140. The fourth-order valence-corrected chi connectivity index (χ4v) is 5.97. The Balaban J connectivity index is 1.26. The number of piperidine rings is 1. The van der Waals surface area contributed by atoms with Crippen LogP contribution < -0.4 is 0 Å². The van der Waals surface area contributed by atoms with Gasteiger partial charge in [-0.2, -0.15) is 4.31 Å². The zero-order valence-electron chi connectivity index (χ0n) is 17.8.